The van der Waals surface area contributed by atoms with E-state index in [9.17, 15) is 0 Å². The molecule has 0 bridgehead atoms. The minimum absolute atomic E-state index is 0.579. The fourth-order valence-electron chi connectivity index (χ4n) is 1.89. The van der Waals surface area contributed by atoms with Gasteiger partial charge in [0.25, 0.3) is 0 Å². The lowest BCUT2D eigenvalue weighted by Gasteiger charge is -2.21. The molecule has 0 radical (unpaired) electrons. The number of pyridine rings is 1. The van der Waals surface area contributed by atoms with Crippen molar-refractivity contribution in [2.75, 3.05) is 7.05 Å². The molecule has 2 nitrogen and oxygen atoms in total. The van der Waals surface area contributed by atoms with Crippen molar-refractivity contribution in [3.8, 4) is 0 Å². The van der Waals surface area contributed by atoms with Crippen LogP contribution in [0.2, 0.25) is 0 Å². The van der Waals surface area contributed by atoms with Crippen molar-refractivity contribution in [2.24, 2.45) is 5.92 Å². The normalized spacial score (nSPS) is 14.9. The van der Waals surface area contributed by atoms with E-state index in [1.165, 1.54) is 5.69 Å². The Balaban J connectivity index is 2.57. The lowest BCUT2D eigenvalue weighted by Crippen LogP contribution is -2.32. The van der Waals surface area contributed by atoms with Gasteiger partial charge >= 0.3 is 0 Å². The van der Waals surface area contributed by atoms with Gasteiger partial charge in [-0.1, -0.05) is 13.8 Å². The van der Waals surface area contributed by atoms with Crippen molar-refractivity contribution in [2.45, 2.75) is 32.7 Å². The van der Waals surface area contributed by atoms with Crippen LogP contribution in [0, 0.1) is 5.92 Å². The highest BCUT2D eigenvalue weighted by Gasteiger charge is 2.14. The maximum Gasteiger partial charge on any atom is 0.0413 e. The second kappa shape index (κ2) is 6.23. The van der Waals surface area contributed by atoms with Gasteiger partial charge < -0.3 is 5.32 Å². The van der Waals surface area contributed by atoms with E-state index in [4.69, 9.17) is 0 Å². The third-order valence-electron chi connectivity index (χ3n) is 2.82. The van der Waals surface area contributed by atoms with Crippen LogP contribution in [0.1, 0.15) is 26.0 Å². The van der Waals surface area contributed by atoms with E-state index in [0.29, 0.717) is 12.0 Å². The summed E-state index contributed by atoms with van der Waals surface area (Å²) in [4.78, 5) is 4.39. The highest BCUT2D eigenvalue weighted by molar-refractivity contribution is 9.10. The van der Waals surface area contributed by atoms with E-state index in [0.717, 1.165) is 17.3 Å². The lowest BCUT2D eigenvalue weighted by atomic mass is 9.94. The van der Waals surface area contributed by atoms with Crippen LogP contribution in [0.25, 0.3) is 0 Å². The Bertz CT molecular complexity index is 280. The van der Waals surface area contributed by atoms with Crippen LogP contribution in [0.3, 0.4) is 0 Å². The first-order valence-corrected chi connectivity index (χ1v) is 6.24. The lowest BCUT2D eigenvalue weighted by molar-refractivity contribution is 0.384. The molecule has 1 rings (SSSR count). The van der Waals surface area contributed by atoms with E-state index in [-0.39, 0.29) is 0 Å². The maximum atomic E-state index is 4.39. The topological polar surface area (TPSA) is 24.9 Å². The molecule has 0 saturated heterocycles. The zero-order chi connectivity index (χ0) is 11.3. The molecule has 0 fully saturated rings. The predicted octanol–water partition coefficient (Wildman–Crippen LogP) is 3.02. The Kier molecular flexibility index (Phi) is 5.26. The SMILES string of the molecule is CCC(NC)C(C)Cc1ccc(Br)cn1. The second-order valence-corrected chi connectivity index (χ2v) is 4.87. The zero-order valence-corrected chi connectivity index (χ0v) is 11.2. The first-order valence-electron chi connectivity index (χ1n) is 5.45. The Labute approximate surface area is 101 Å². The summed E-state index contributed by atoms with van der Waals surface area (Å²) in [5.74, 6) is 0.619. The number of rotatable bonds is 5. The standard InChI is InChI=1S/C12H19BrN2/c1-4-12(14-3)9(2)7-11-6-5-10(13)8-15-11/h5-6,8-9,12,14H,4,7H2,1-3H3. The van der Waals surface area contributed by atoms with Crippen LogP contribution < -0.4 is 5.32 Å². The van der Waals surface area contributed by atoms with Crippen LogP contribution in [-0.4, -0.2) is 18.1 Å². The maximum absolute atomic E-state index is 4.39. The van der Waals surface area contributed by atoms with Crippen LogP contribution in [0.5, 0.6) is 0 Å². The van der Waals surface area contributed by atoms with Gasteiger partial charge in [-0.05, 0) is 53.9 Å². The molecule has 15 heavy (non-hydrogen) atoms. The van der Waals surface area contributed by atoms with Gasteiger partial charge in [0.2, 0.25) is 0 Å². The first kappa shape index (κ1) is 12.7. The van der Waals surface area contributed by atoms with E-state index in [1.54, 1.807) is 0 Å². The van der Waals surface area contributed by atoms with Gasteiger partial charge in [0, 0.05) is 22.4 Å². The van der Waals surface area contributed by atoms with Crippen molar-refractivity contribution in [1.82, 2.24) is 10.3 Å². The summed E-state index contributed by atoms with van der Waals surface area (Å²) in [5, 5.41) is 3.35. The van der Waals surface area contributed by atoms with Gasteiger partial charge in [-0.3, -0.25) is 4.98 Å². The van der Waals surface area contributed by atoms with Crippen LogP contribution in [0.4, 0.5) is 0 Å². The molecule has 0 aliphatic rings. The van der Waals surface area contributed by atoms with Gasteiger partial charge in [0.05, 0.1) is 0 Å². The first-order chi connectivity index (χ1) is 7.17. The molecule has 2 unspecified atom stereocenters. The molecule has 1 aromatic rings. The molecule has 84 valence electrons. The summed E-state index contributed by atoms with van der Waals surface area (Å²) in [5.41, 5.74) is 1.17. The van der Waals surface area contributed by atoms with E-state index in [2.05, 4.69) is 52.2 Å². The van der Waals surface area contributed by atoms with Crippen molar-refractivity contribution in [1.29, 1.82) is 0 Å². The summed E-state index contributed by atoms with van der Waals surface area (Å²) >= 11 is 3.39. The van der Waals surface area contributed by atoms with Crippen molar-refractivity contribution in [3.63, 3.8) is 0 Å². The van der Waals surface area contributed by atoms with Crippen molar-refractivity contribution < 1.29 is 0 Å². The molecular weight excluding hydrogens is 252 g/mol. The predicted molar refractivity (Wildman–Crippen MR) is 67.9 cm³/mol. The fourth-order valence-corrected chi connectivity index (χ4v) is 2.12. The monoisotopic (exact) mass is 270 g/mol. The second-order valence-electron chi connectivity index (χ2n) is 3.95. The minimum atomic E-state index is 0.579. The fraction of sp³-hybridized carbons (Fsp3) is 0.583. The van der Waals surface area contributed by atoms with Crippen LogP contribution >= 0.6 is 15.9 Å². The Hall–Kier alpha value is -0.410. The van der Waals surface area contributed by atoms with E-state index < -0.39 is 0 Å². The van der Waals surface area contributed by atoms with Crippen molar-refractivity contribution >= 4 is 15.9 Å². The third-order valence-corrected chi connectivity index (χ3v) is 3.29. The van der Waals surface area contributed by atoms with Crippen LogP contribution in [0.15, 0.2) is 22.8 Å². The molecule has 0 amide bonds. The van der Waals surface area contributed by atoms with Gasteiger partial charge in [0.1, 0.15) is 0 Å². The molecule has 3 heteroatoms. The van der Waals surface area contributed by atoms with Gasteiger partial charge in [0.15, 0.2) is 0 Å². The summed E-state index contributed by atoms with van der Waals surface area (Å²) in [6, 6.07) is 4.72. The largest absolute Gasteiger partial charge is 0.317 e. The zero-order valence-electron chi connectivity index (χ0n) is 9.63. The Morgan fingerprint density at radius 1 is 1.47 bits per heavy atom. The quantitative estimate of drug-likeness (QED) is 0.890. The van der Waals surface area contributed by atoms with Gasteiger partial charge in [-0.15, -0.1) is 0 Å². The van der Waals surface area contributed by atoms with Gasteiger partial charge in [-0.25, -0.2) is 0 Å². The molecule has 0 saturated carbocycles. The summed E-state index contributed by atoms with van der Waals surface area (Å²) in [7, 11) is 2.03. The van der Waals surface area contributed by atoms with Crippen molar-refractivity contribution in [3.05, 3.63) is 28.5 Å². The molecule has 0 aliphatic heterocycles. The smallest absolute Gasteiger partial charge is 0.0413 e. The van der Waals surface area contributed by atoms with Crippen LogP contribution in [-0.2, 0) is 6.42 Å². The average Bonchev–Trinajstić information content (AvgIpc) is 2.23. The number of aromatic nitrogens is 1. The molecule has 1 N–H and O–H groups in total. The van der Waals surface area contributed by atoms with E-state index in [1.807, 2.05) is 13.2 Å². The molecular formula is C12H19BrN2. The average molecular weight is 271 g/mol. The third kappa shape index (κ3) is 3.92. The number of halogens is 1. The number of hydrogen-bond acceptors (Lipinski definition) is 2. The molecule has 0 aromatic carbocycles. The summed E-state index contributed by atoms with van der Waals surface area (Å²) in [6.45, 7) is 4.49. The highest BCUT2D eigenvalue weighted by atomic mass is 79.9. The molecule has 2 atom stereocenters. The minimum Gasteiger partial charge on any atom is -0.317 e. The highest BCUT2D eigenvalue weighted by Crippen LogP contribution is 2.14. The summed E-state index contributed by atoms with van der Waals surface area (Å²) < 4.78 is 1.04. The number of nitrogens with one attached hydrogen (secondary N) is 1. The van der Waals surface area contributed by atoms with E-state index >= 15 is 0 Å². The molecule has 0 aliphatic carbocycles. The molecule has 1 heterocycles. The van der Waals surface area contributed by atoms with Gasteiger partial charge in [-0.2, -0.15) is 0 Å². The molecule has 1 aromatic heterocycles. The molecule has 0 spiro atoms. The number of hydrogen-bond donors (Lipinski definition) is 1. The summed E-state index contributed by atoms with van der Waals surface area (Å²) in [6.07, 6.45) is 4.06. The Morgan fingerprint density at radius 2 is 2.20 bits per heavy atom. The Morgan fingerprint density at radius 3 is 2.67 bits per heavy atom. The number of nitrogens with zero attached hydrogens (tertiary/aromatic N) is 1.